The van der Waals surface area contributed by atoms with Crippen LogP contribution in [0, 0.1) is 0 Å². The lowest BCUT2D eigenvalue weighted by Crippen LogP contribution is -2.35. The van der Waals surface area contributed by atoms with E-state index in [4.69, 9.17) is 0 Å². The fourth-order valence-electron chi connectivity index (χ4n) is 2.43. The van der Waals surface area contributed by atoms with E-state index in [2.05, 4.69) is 0 Å². The maximum absolute atomic E-state index is 12.7. The number of ketones is 2. The Hall–Kier alpha value is -1.75. The number of carbonyl (C=O) groups is 2. The Balaban J connectivity index is 2.72. The van der Waals surface area contributed by atoms with Crippen molar-refractivity contribution in [1.82, 2.24) is 4.90 Å². The smallest absolute Gasteiger partial charge is 0.211 e. The molecule has 0 saturated heterocycles. The monoisotopic (exact) mass is 291 g/mol. The number of likely N-dealkylation sites (N-methyl/N-ethyl adjacent to an activating group) is 1. The second kappa shape index (κ2) is 5.71. The van der Waals surface area contributed by atoms with Gasteiger partial charge in [0.15, 0.2) is 0 Å². The zero-order valence-electron chi connectivity index (χ0n) is 11.8. The fourth-order valence-corrected chi connectivity index (χ4v) is 3.30. The first-order chi connectivity index (χ1) is 9.52. The Bertz CT molecular complexity index is 630. The Morgan fingerprint density at radius 2 is 1.50 bits per heavy atom. The summed E-state index contributed by atoms with van der Waals surface area (Å²) in [6.45, 7) is 5.00. The minimum Gasteiger partial charge on any atom is -0.368 e. The molecule has 1 atom stereocenters. The van der Waals surface area contributed by atoms with Gasteiger partial charge >= 0.3 is 0 Å². The molecule has 0 amide bonds. The van der Waals surface area contributed by atoms with Crippen LogP contribution in [0.3, 0.4) is 0 Å². The van der Waals surface area contributed by atoms with E-state index in [1.807, 2.05) is 13.8 Å². The van der Waals surface area contributed by atoms with Gasteiger partial charge < -0.3 is 4.90 Å². The molecule has 0 bridgehead atoms. The highest BCUT2D eigenvalue weighted by Gasteiger charge is 2.35. The molecule has 0 spiro atoms. The van der Waals surface area contributed by atoms with E-state index in [0.29, 0.717) is 29.9 Å². The second-order valence-corrected chi connectivity index (χ2v) is 5.82. The van der Waals surface area contributed by atoms with E-state index in [1.165, 1.54) is 6.26 Å². The van der Waals surface area contributed by atoms with Gasteiger partial charge in [-0.3, -0.25) is 13.8 Å². The summed E-state index contributed by atoms with van der Waals surface area (Å²) in [5, 5.41) is 0. The Morgan fingerprint density at radius 1 is 1.00 bits per heavy atom. The van der Waals surface area contributed by atoms with E-state index >= 15 is 0 Å². The molecule has 0 radical (unpaired) electrons. The molecule has 20 heavy (non-hydrogen) atoms. The van der Waals surface area contributed by atoms with Crippen LogP contribution in [-0.2, 0) is 10.8 Å². The van der Waals surface area contributed by atoms with Gasteiger partial charge in [-0.2, -0.15) is 0 Å². The largest absolute Gasteiger partial charge is 0.368 e. The number of hydrogen-bond donors (Lipinski definition) is 0. The topological polar surface area (TPSA) is 54.5 Å². The summed E-state index contributed by atoms with van der Waals surface area (Å²) >= 11 is 0. The van der Waals surface area contributed by atoms with Crippen LogP contribution in [0.15, 0.2) is 34.9 Å². The summed E-state index contributed by atoms with van der Waals surface area (Å²) in [7, 11) is -1.50. The zero-order chi connectivity index (χ0) is 14.9. The lowest BCUT2D eigenvalue weighted by molar-refractivity contribution is 0.0950. The van der Waals surface area contributed by atoms with Crippen LogP contribution in [0.1, 0.15) is 34.6 Å². The van der Waals surface area contributed by atoms with Gasteiger partial charge in [-0.15, -0.1) is 0 Å². The van der Waals surface area contributed by atoms with Crippen molar-refractivity contribution in [2.24, 2.45) is 0 Å². The minimum atomic E-state index is -1.50. The van der Waals surface area contributed by atoms with Crippen LogP contribution in [0.2, 0.25) is 0 Å². The van der Waals surface area contributed by atoms with E-state index in [0.717, 1.165) is 0 Å². The summed E-state index contributed by atoms with van der Waals surface area (Å²) in [5.74, 6) is -0.517. The quantitative estimate of drug-likeness (QED) is 0.851. The lowest BCUT2D eigenvalue weighted by Gasteiger charge is -2.28. The van der Waals surface area contributed by atoms with Crippen molar-refractivity contribution in [2.75, 3.05) is 19.3 Å². The number of carbonyl (C=O) groups excluding carboxylic acids is 2. The molecule has 0 heterocycles. The van der Waals surface area contributed by atoms with Crippen molar-refractivity contribution < 1.29 is 13.8 Å². The number of benzene rings is 1. The molecule has 2 rings (SSSR count). The van der Waals surface area contributed by atoms with Crippen LogP contribution in [0.4, 0.5) is 0 Å². The van der Waals surface area contributed by atoms with Gasteiger partial charge in [-0.25, -0.2) is 0 Å². The van der Waals surface area contributed by atoms with Gasteiger partial charge in [0.2, 0.25) is 11.6 Å². The Labute approximate surface area is 120 Å². The molecule has 0 aliphatic heterocycles. The number of allylic oxidation sites excluding steroid dienone is 2. The predicted octanol–water partition coefficient (Wildman–Crippen LogP) is 2.00. The van der Waals surface area contributed by atoms with Gasteiger partial charge in [-0.05, 0) is 13.8 Å². The summed E-state index contributed by atoms with van der Waals surface area (Å²) in [6.07, 6.45) is 1.44. The maximum atomic E-state index is 12.7. The van der Waals surface area contributed by atoms with Gasteiger partial charge in [0.25, 0.3) is 0 Å². The third-order valence-corrected chi connectivity index (χ3v) is 4.37. The van der Waals surface area contributed by atoms with E-state index in [1.54, 1.807) is 29.2 Å². The van der Waals surface area contributed by atoms with Crippen LogP contribution in [0.25, 0.3) is 0 Å². The first-order valence-electron chi connectivity index (χ1n) is 6.53. The molecule has 1 aliphatic rings. The predicted molar refractivity (Wildman–Crippen MR) is 79.1 cm³/mol. The van der Waals surface area contributed by atoms with Crippen molar-refractivity contribution in [2.45, 2.75) is 13.8 Å². The molecule has 0 N–H and O–H groups in total. The number of nitrogens with zero attached hydrogens (tertiary/aromatic N) is 1. The maximum Gasteiger partial charge on any atom is 0.211 e. The van der Waals surface area contributed by atoms with Crippen molar-refractivity contribution >= 4 is 22.4 Å². The summed E-state index contributed by atoms with van der Waals surface area (Å²) in [6, 6.07) is 6.70. The molecule has 1 unspecified atom stereocenters. The summed E-state index contributed by atoms with van der Waals surface area (Å²) in [4.78, 5) is 27.1. The SMILES string of the molecule is CCN(CC)C1=C(S(C)=O)C(=O)c2ccccc2C1=O. The zero-order valence-corrected chi connectivity index (χ0v) is 12.6. The van der Waals surface area contributed by atoms with Crippen LogP contribution >= 0.6 is 0 Å². The van der Waals surface area contributed by atoms with Crippen LogP contribution in [0.5, 0.6) is 0 Å². The highest BCUT2D eigenvalue weighted by atomic mass is 32.2. The highest BCUT2D eigenvalue weighted by molar-refractivity contribution is 7.89. The van der Waals surface area contributed by atoms with Gasteiger partial charge in [0, 0.05) is 30.5 Å². The molecule has 1 aromatic rings. The van der Waals surface area contributed by atoms with Crippen molar-refractivity contribution in [1.29, 1.82) is 0 Å². The Kier molecular flexibility index (Phi) is 4.18. The normalized spacial score (nSPS) is 16.1. The molecule has 4 nitrogen and oxygen atoms in total. The third-order valence-electron chi connectivity index (χ3n) is 3.42. The standard InChI is InChI=1S/C15H17NO3S/c1-4-16(5-2)12-13(17)10-8-6-7-9-11(10)14(18)15(12)20(3)19/h6-9H,4-5H2,1-3H3. The molecule has 0 fully saturated rings. The van der Waals surface area contributed by atoms with E-state index in [9.17, 15) is 13.8 Å². The summed E-state index contributed by atoms with van der Waals surface area (Å²) < 4.78 is 12.0. The van der Waals surface area contributed by atoms with E-state index in [-0.39, 0.29) is 16.5 Å². The molecular formula is C15H17NO3S. The van der Waals surface area contributed by atoms with Crippen molar-refractivity contribution in [3.8, 4) is 0 Å². The average molecular weight is 291 g/mol. The molecule has 0 aromatic heterocycles. The second-order valence-electron chi connectivity index (χ2n) is 4.51. The van der Waals surface area contributed by atoms with Crippen molar-refractivity contribution in [3.63, 3.8) is 0 Å². The van der Waals surface area contributed by atoms with Gasteiger partial charge in [0.1, 0.15) is 10.6 Å². The average Bonchev–Trinajstić information content (AvgIpc) is 2.45. The van der Waals surface area contributed by atoms with Gasteiger partial charge in [0.05, 0.1) is 10.8 Å². The van der Waals surface area contributed by atoms with Gasteiger partial charge in [-0.1, -0.05) is 24.3 Å². The third kappa shape index (κ3) is 2.22. The van der Waals surface area contributed by atoms with Crippen LogP contribution in [-0.4, -0.2) is 40.0 Å². The number of fused-ring (bicyclic) bond motifs is 1. The highest BCUT2D eigenvalue weighted by Crippen LogP contribution is 2.29. The number of Topliss-reactive ketones (excluding diaryl/α,β-unsaturated/α-hetero) is 2. The Morgan fingerprint density at radius 3 is 1.95 bits per heavy atom. The van der Waals surface area contributed by atoms with Crippen molar-refractivity contribution in [3.05, 3.63) is 46.0 Å². The fraction of sp³-hybridized carbons (Fsp3) is 0.333. The first-order valence-corrected chi connectivity index (χ1v) is 8.09. The molecule has 0 saturated carbocycles. The van der Waals surface area contributed by atoms with E-state index < -0.39 is 10.8 Å². The minimum absolute atomic E-state index is 0.123. The summed E-state index contributed by atoms with van der Waals surface area (Å²) in [5.41, 5.74) is 1.03. The molecule has 1 aromatic carbocycles. The molecule has 5 heteroatoms. The van der Waals surface area contributed by atoms with Crippen LogP contribution < -0.4 is 0 Å². The molecule has 106 valence electrons. The molecule has 1 aliphatic carbocycles. The number of rotatable bonds is 4. The molecular weight excluding hydrogens is 274 g/mol. The lowest BCUT2D eigenvalue weighted by atomic mass is 9.92. The number of hydrogen-bond acceptors (Lipinski definition) is 4. The first kappa shape index (κ1) is 14.7.